The normalized spacial score (nSPS) is 11.2. The van der Waals surface area contributed by atoms with Crippen molar-refractivity contribution >= 4 is 28.7 Å². The van der Waals surface area contributed by atoms with Crippen molar-refractivity contribution in [2.75, 3.05) is 5.75 Å². The summed E-state index contributed by atoms with van der Waals surface area (Å²) in [6.07, 6.45) is 1.83. The van der Waals surface area contributed by atoms with Crippen LogP contribution in [0.5, 0.6) is 0 Å². The molecule has 0 amide bonds. The first kappa shape index (κ1) is 19.2. The van der Waals surface area contributed by atoms with Gasteiger partial charge in [-0.05, 0) is 6.42 Å². The van der Waals surface area contributed by atoms with Crippen molar-refractivity contribution in [2.24, 2.45) is 14.1 Å². The van der Waals surface area contributed by atoms with Gasteiger partial charge in [0.25, 0.3) is 5.56 Å². The first-order valence-corrected chi connectivity index (χ1v) is 9.81. The van der Waals surface area contributed by atoms with Crippen molar-refractivity contribution in [1.82, 2.24) is 18.7 Å². The summed E-state index contributed by atoms with van der Waals surface area (Å²) in [7, 11) is 3.07. The number of imidazole rings is 1. The highest BCUT2D eigenvalue weighted by atomic mass is 32.2. The molecule has 142 valence electrons. The van der Waals surface area contributed by atoms with Crippen LogP contribution in [-0.2, 0) is 20.6 Å². The zero-order valence-corrected chi connectivity index (χ0v) is 16.5. The maximum atomic E-state index is 12.7. The Balaban J connectivity index is 2.02. The molecule has 0 aliphatic carbocycles. The van der Waals surface area contributed by atoms with Crippen LogP contribution < -0.4 is 11.2 Å². The van der Waals surface area contributed by atoms with Crippen molar-refractivity contribution in [3.63, 3.8) is 0 Å². The summed E-state index contributed by atoms with van der Waals surface area (Å²) in [4.78, 5) is 41.8. The van der Waals surface area contributed by atoms with Gasteiger partial charge in [-0.25, -0.2) is 9.78 Å². The summed E-state index contributed by atoms with van der Waals surface area (Å²) in [5.41, 5.74) is 0.628. The number of benzene rings is 1. The number of nitrogens with zero attached hydrogens (tertiary/aromatic N) is 4. The Morgan fingerprint density at radius 1 is 1.11 bits per heavy atom. The number of ketones is 1. The molecule has 0 radical (unpaired) electrons. The van der Waals surface area contributed by atoms with Gasteiger partial charge < -0.3 is 4.57 Å². The molecule has 0 N–H and O–H groups in total. The van der Waals surface area contributed by atoms with Crippen molar-refractivity contribution in [1.29, 1.82) is 0 Å². The lowest BCUT2D eigenvalue weighted by Crippen LogP contribution is -2.37. The molecular formula is C19H22N4O3S. The molecule has 2 aromatic heterocycles. The second-order valence-corrected chi connectivity index (χ2v) is 7.30. The summed E-state index contributed by atoms with van der Waals surface area (Å²) < 4.78 is 4.31. The number of thioether (sulfide) groups is 1. The number of aryl methyl sites for hydroxylation is 2. The van der Waals surface area contributed by atoms with Crippen LogP contribution in [0.3, 0.4) is 0 Å². The topological polar surface area (TPSA) is 78.9 Å². The molecule has 3 rings (SSSR count). The van der Waals surface area contributed by atoms with Gasteiger partial charge in [-0.15, -0.1) is 0 Å². The minimum atomic E-state index is -0.412. The lowest BCUT2D eigenvalue weighted by molar-refractivity contribution is 0.102. The average Bonchev–Trinajstić information content (AvgIpc) is 3.06. The number of carbonyl (C=O) groups excluding carboxylic acids is 1. The zero-order chi connectivity index (χ0) is 19.6. The Bertz CT molecular complexity index is 1100. The van der Waals surface area contributed by atoms with Gasteiger partial charge in [0.15, 0.2) is 22.1 Å². The molecular weight excluding hydrogens is 364 g/mol. The van der Waals surface area contributed by atoms with E-state index in [1.54, 1.807) is 19.2 Å². The molecule has 1 aromatic carbocycles. The highest BCUT2D eigenvalue weighted by Gasteiger charge is 2.20. The van der Waals surface area contributed by atoms with Crippen LogP contribution in [-0.4, -0.2) is 30.2 Å². The van der Waals surface area contributed by atoms with E-state index >= 15 is 0 Å². The number of Topliss-reactive ketones (excluding diaryl/α,β-unsaturated/α-hetero) is 1. The van der Waals surface area contributed by atoms with E-state index < -0.39 is 5.69 Å². The van der Waals surface area contributed by atoms with Crippen molar-refractivity contribution in [2.45, 2.75) is 31.5 Å². The largest absolute Gasteiger partial charge is 0.332 e. The van der Waals surface area contributed by atoms with Crippen LogP contribution in [0.4, 0.5) is 0 Å². The molecule has 0 aliphatic rings. The molecule has 0 bridgehead atoms. The maximum Gasteiger partial charge on any atom is 0.332 e. The number of fused-ring (bicyclic) bond motifs is 1. The first-order chi connectivity index (χ1) is 13.0. The standard InChI is InChI=1S/C19H22N4O3S/c1-4-5-11-23-15-16(21(2)19(26)22(3)17(15)25)20-18(23)27-12-14(24)13-9-7-6-8-10-13/h6-10H,4-5,11-12H2,1-3H3. The van der Waals surface area contributed by atoms with Gasteiger partial charge in [0, 0.05) is 26.2 Å². The van der Waals surface area contributed by atoms with Gasteiger partial charge in [-0.3, -0.25) is 18.7 Å². The number of hydrogen-bond donors (Lipinski definition) is 0. The van der Waals surface area contributed by atoms with Crippen LogP contribution in [0.25, 0.3) is 11.2 Å². The Hall–Kier alpha value is -2.61. The zero-order valence-electron chi connectivity index (χ0n) is 15.6. The first-order valence-electron chi connectivity index (χ1n) is 8.83. The maximum absolute atomic E-state index is 12.7. The fourth-order valence-electron chi connectivity index (χ4n) is 2.90. The van der Waals surface area contributed by atoms with Gasteiger partial charge in [0.2, 0.25) is 0 Å². The minimum absolute atomic E-state index is 0.00325. The monoisotopic (exact) mass is 386 g/mol. The summed E-state index contributed by atoms with van der Waals surface area (Å²) in [6.45, 7) is 2.68. The fourth-order valence-corrected chi connectivity index (χ4v) is 3.81. The molecule has 0 aliphatic heterocycles. The van der Waals surface area contributed by atoms with Crippen molar-refractivity contribution in [3.05, 3.63) is 56.7 Å². The molecule has 8 heteroatoms. The van der Waals surface area contributed by atoms with E-state index in [2.05, 4.69) is 11.9 Å². The molecule has 7 nitrogen and oxygen atoms in total. The summed E-state index contributed by atoms with van der Waals surface area (Å²) in [6, 6.07) is 9.08. The van der Waals surface area contributed by atoms with Crippen LogP contribution in [0, 0.1) is 0 Å². The Morgan fingerprint density at radius 3 is 2.48 bits per heavy atom. The molecule has 3 aromatic rings. The quantitative estimate of drug-likeness (QED) is 0.459. The molecule has 0 atom stereocenters. The van der Waals surface area contributed by atoms with E-state index in [0.717, 1.165) is 17.4 Å². The van der Waals surface area contributed by atoms with Crippen LogP contribution in [0.15, 0.2) is 45.1 Å². The fraction of sp³-hybridized carbons (Fsp3) is 0.368. The predicted octanol–water partition coefficient (Wildman–Crippen LogP) is 2.21. The smallest absolute Gasteiger partial charge is 0.313 e. The lowest BCUT2D eigenvalue weighted by Gasteiger charge is -2.08. The van der Waals surface area contributed by atoms with Crippen molar-refractivity contribution in [3.8, 4) is 0 Å². The molecule has 0 saturated carbocycles. The summed E-state index contributed by atoms with van der Waals surface area (Å²) in [5.74, 6) is 0.213. The molecule has 0 spiro atoms. The molecule has 2 heterocycles. The molecule has 0 saturated heterocycles. The lowest BCUT2D eigenvalue weighted by atomic mass is 10.2. The van der Waals surface area contributed by atoms with Gasteiger partial charge in [-0.1, -0.05) is 55.4 Å². The third-order valence-electron chi connectivity index (χ3n) is 4.48. The van der Waals surface area contributed by atoms with Crippen LogP contribution in [0.2, 0.25) is 0 Å². The second-order valence-electron chi connectivity index (χ2n) is 6.36. The number of aromatic nitrogens is 4. The van der Waals surface area contributed by atoms with E-state index in [0.29, 0.717) is 28.4 Å². The Labute approximate surface area is 160 Å². The summed E-state index contributed by atoms with van der Waals surface area (Å²) in [5, 5.41) is 0.584. The highest BCUT2D eigenvalue weighted by molar-refractivity contribution is 7.99. The highest BCUT2D eigenvalue weighted by Crippen LogP contribution is 2.23. The van der Waals surface area contributed by atoms with E-state index in [-0.39, 0.29) is 17.1 Å². The Kier molecular flexibility index (Phi) is 5.65. The SMILES string of the molecule is CCCCn1c(SCC(=O)c2ccccc2)nc2c1c(=O)n(C)c(=O)n2C. The molecule has 0 fully saturated rings. The number of unbranched alkanes of at least 4 members (excludes halogenated alkanes) is 1. The van der Waals surface area contributed by atoms with Crippen molar-refractivity contribution < 1.29 is 4.79 Å². The van der Waals surface area contributed by atoms with E-state index in [1.165, 1.54) is 23.4 Å². The number of hydrogen-bond acceptors (Lipinski definition) is 5. The van der Waals surface area contributed by atoms with E-state index in [9.17, 15) is 14.4 Å². The molecule has 0 unspecified atom stereocenters. The second kappa shape index (κ2) is 7.96. The number of rotatable bonds is 7. The van der Waals surface area contributed by atoms with Crippen LogP contribution in [0.1, 0.15) is 30.1 Å². The third-order valence-corrected chi connectivity index (χ3v) is 5.45. The van der Waals surface area contributed by atoms with Gasteiger partial charge in [0.05, 0.1) is 5.75 Å². The van der Waals surface area contributed by atoms with E-state index in [1.807, 2.05) is 22.8 Å². The van der Waals surface area contributed by atoms with Gasteiger partial charge >= 0.3 is 5.69 Å². The predicted molar refractivity (Wildman–Crippen MR) is 107 cm³/mol. The van der Waals surface area contributed by atoms with Gasteiger partial charge in [-0.2, -0.15) is 0 Å². The Morgan fingerprint density at radius 2 is 1.81 bits per heavy atom. The average molecular weight is 386 g/mol. The molecule has 27 heavy (non-hydrogen) atoms. The van der Waals surface area contributed by atoms with Gasteiger partial charge in [0.1, 0.15) is 0 Å². The third kappa shape index (κ3) is 3.62. The summed E-state index contributed by atoms with van der Waals surface area (Å²) >= 11 is 1.29. The van der Waals surface area contributed by atoms with E-state index in [4.69, 9.17) is 0 Å². The van der Waals surface area contributed by atoms with Crippen LogP contribution >= 0.6 is 11.8 Å². The number of carbonyl (C=O) groups is 1. The minimum Gasteiger partial charge on any atom is -0.313 e.